The van der Waals surface area contributed by atoms with Crippen LogP contribution >= 0.6 is 0 Å². The highest BCUT2D eigenvalue weighted by Gasteiger charge is 2.26. The van der Waals surface area contributed by atoms with Gasteiger partial charge in [-0.25, -0.2) is 0 Å². The average Bonchev–Trinajstić information content (AvgIpc) is 2.91. The van der Waals surface area contributed by atoms with E-state index in [9.17, 15) is 15.3 Å². The van der Waals surface area contributed by atoms with E-state index >= 15 is 0 Å². The van der Waals surface area contributed by atoms with Crippen LogP contribution in [0, 0.1) is 0 Å². The van der Waals surface area contributed by atoms with E-state index < -0.39 is 5.92 Å². The standard InChI is InChI=1S/C33H24O3/c34-26-18-24-10-4-6-12-27(24)29(20-26)31(23-16-14-22(15-17-23)21-8-2-1-3-9-21)32-28-13-7-5-11-25(28)19-30(35)33(32)36/h1-20,31,34-36H. The van der Waals surface area contributed by atoms with Crippen molar-refractivity contribution in [3.05, 3.63) is 138 Å². The molecule has 0 aliphatic carbocycles. The molecule has 0 bridgehead atoms. The Hall–Kier alpha value is -4.76. The van der Waals surface area contributed by atoms with E-state index in [0.29, 0.717) is 5.56 Å². The van der Waals surface area contributed by atoms with Gasteiger partial charge in [0.25, 0.3) is 0 Å². The Labute approximate surface area is 209 Å². The number of phenols is 3. The monoisotopic (exact) mass is 468 g/mol. The molecule has 36 heavy (non-hydrogen) atoms. The summed E-state index contributed by atoms with van der Waals surface area (Å²) in [6.07, 6.45) is 0. The number of hydrogen-bond donors (Lipinski definition) is 3. The Bertz CT molecular complexity index is 1700. The lowest BCUT2D eigenvalue weighted by molar-refractivity contribution is 0.400. The minimum atomic E-state index is -0.441. The molecule has 0 saturated carbocycles. The van der Waals surface area contributed by atoms with Crippen LogP contribution in [-0.4, -0.2) is 15.3 Å². The highest BCUT2D eigenvalue weighted by Crippen LogP contribution is 2.47. The molecule has 3 heteroatoms. The first-order valence-corrected chi connectivity index (χ1v) is 11.9. The molecule has 0 aliphatic heterocycles. The number of fused-ring (bicyclic) bond motifs is 2. The number of aromatic hydroxyl groups is 3. The molecule has 174 valence electrons. The predicted octanol–water partition coefficient (Wildman–Crippen LogP) is 7.96. The van der Waals surface area contributed by atoms with Crippen molar-refractivity contribution in [1.29, 1.82) is 0 Å². The molecule has 0 radical (unpaired) electrons. The molecule has 3 N–H and O–H groups in total. The van der Waals surface area contributed by atoms with Gasteiger partial charge in [0.15, 0.2) is 11.5 Å². The van der Waals surface area contributed by atoms with E-state index in [2.05, 4.69) is 36.4 Å². The van der Waals surface area contributed by atoms with Crippen molar-refractivity contribution in [2.24, 2.45) is 0 Å². The van der Waals surface area contributed by atoms with Crippen molar-refractivity contribution in [3.63, 3.8) is 0 Å². The third-order valence-corrected chi connectivity index (χ3v) is 6.87. The third kappa shape index (κ3) is 3.71. The second kappa shape index (κ2) is 8.79. The largest absolute Gasteiger partial charge is 0.508 e. The van der Waals surface area contributed by atoms with Gasteiger partial charge in [0.2, 0.25) is 0 Å². The molecular weight excluding hydrogens is 444 g/mol. The number of hydrogen-bond acceptors (Lipinski definition) is 3. The van der Waals surface area contributed by atoms with Crippen LogP contribution in [0.5, 0.6) is 17.2 Å². The lowest BCUT2D eigenvalue weighted by Crippen LogP contribution is -2.06. The van der Waals surface area contributed by atoms with Crippen LogP contribution in [0.25, 0.3) is 32.7 Å². The Balaban J connectivity index is 1.66. The molecule has 0 spiro atoms. The predicted molar refractivity (Wildman–Crippen MR) is 146 cm³/mol. The fraction of sp³-hybridized carbons (Fsp3) is 0.0303. The number of phenolic OH excluding ortho intramolecular Hbond substituents is 3. The first-order valence-electron chi connectivity index (χ1n) is 11.9. The summed E-state index contributed by atoms with van der Waals surface area (Å²) in [5, 5.41) is 36.2. The van der Waals surface area contributed by atoms with Gasteiger partial charge in [-0.2, -0.15) is 0 Å². The van der Waals surface area contributed by atoms with E-state index in [1.54, 1.807) is 18.2 Å². The van der Waals surface area contributed by atoms with E-state index in [1.807, 2.05) is 66.7 Å². The van der Waals surface area contributed by atoms with E-state index in [-0.39, 0.29) is 17.2 Å². The maximum Gasteiger partial charge on any atom is 0.162 e. The zero-order valence-corrected chi connectivity index (χ0v) is 19.5. The van der Waals surface area contributed by atoms with Gasteiger partial charge in [-0.15, -0.1) is 0 Å². The van der Waals surface area contributed by atoms with Gasteiger partial charge in [-0.1, -0.05) is 103 Å². The summed E-state index contributed by atoms with van der Waals surface area (Å²) in [5.74, 6) is -0.611. The summed E-state index contributed by atoms with van der Waals surface area (Å²) in [7, 11) is 0. The highest BCUT2D eigenvalue weighted by molar-refractivity contribution is 5.94. The van der Waals surface area contributed by atoms with Gasteiger partial charge in [0.1, 0.15) is 5.75 Å². The maximum atomic E-state index is 11.3. The second-order valence-electron chi connectivity index (χ2n) is 9.06. The van der Waals surface area contributed by atoms with Crippen molar-refractivity contribution in [2.45, 2.75) is 5.92 Å². The van der Waals surface area contributed by atoms with Gasteiger partial charge in [0.05, 0.1) is 0 Å². The van der Waals surface area contributed by atoms with E-state index in [1.165, 1.54) is 0 Å². The van der Waals surface area contributed by atoms with Crippen LogP contribution in [0.15, 0.2) is 121 Å². The van der Waals surface area contributed by atoms with Crippen LogP contribution in [0.1, 0.15) is 22.6 Å². The van der Waals surface area contributed by atoms with Gasteiger partial charge in [0, 0.05) is 11.5 Å². The SMILES string of the molecule is Oc1cc(C(c2ccc(-c3ccccc3)cc2)c2c(O)c(O)cc3ccccc23)c2ccccc2c1. The number of benzene rings is 6. The van der Waals surface area contributed by atoms with Crippen molar-refractivity contribution in [3.8, 4) is 28.4 Å². The van der Waals surface area contributed by atoms with Crippen LogP contribution in [0.2, 0.25) is 0 Å². The van der Waals surface area contributed by atoms with Gasteiger partial charge in [-0.05, 0) is 62.0 Å². The van der Waals surface area contributed by atoms with Crippen molar-refractivity contribution >= 4 is 21.5 Å². The summed E-state index contributed by atoms with van der Waals surface area (Å²) in [4.78, 5) is 0. The quantitative estimate of drug-likeness (QED) is 0.182. The summed E-state index contributed by atoms with van der Waals surface area (Å²) in [5.41, 5.74) is 4.60. The van der Waals surface area contributed by atoms with Gasteiger partial charge in [-0.3, -0.25) is 0 Å². The highest BCUT2D eigenvalue weighted by atomic mass is 16.3. The normalized spacial score (nSPS) is 12.1. The second-order valence-corrected chi connectivity index (χ2v) is 9.06. The summed E-state index contributed by atoms with van der Waals surface area (Å²) >= 11 is 0. The number of rotatable bonds is 4. The van der Waals surface area contributed by atoms with Crippen LogP contribution < -0.4 is 0 Å². The molecule has 0 amide bonds. The zero-order chi connectivity index (χ0) is 24.6. The fourth-order valence-corrected chi connectivity index (χ4v) is 5.20. The van der Waals surface area contributed by atoms with Crippen LogP contribution in [0.3, 0.4) is 0 Å². The topological polar surface area (TPSA) is 60.7 Å². The smallest absolute Gasteiger partial charge is 0.162 e. The van der Waals surface area contributed by atoms with Crippen molar-refractivity contribution in [1.82, 2.24) is 0 Å². The lowest BCUT2D eigenvalue weighted by Gasteiger charge is -2.24. The Morgan fingerprint density at radius 3 is 1.81 bits per heavy atom. The Kier molecular flexibility index (Phi) is 5.31. The minimum absolute atomic E-state index is 0.151. The molecule has 3 nitrogen and oxygen atoms in total. The fourth-order valence-electron chi connectivity index (χ4n) is 5.20. The van der Waals surface area contributed by atoms with E-state index in [0.717, 1.165) is 43.8 Å². The Morgan fingerprint density at radius 2 is 1.08 bits per heavy atom. The molecule has 0 aromatic heterocycles. The van der Waals surface area contributed by atoms with Crippen molar-refractivity contribution < 1.29 is 15.3 Å². The first-order chi connectivity index (χ1) is 17.6. The van der Waals surface area contributed by atoms with Crippen LogP contribution in [-0.2, 0) is 0 Å². The first kappa shape index (κ1) is 21.8. The molecule has 0 saturated heterocycles. The lowest BCUT2D eigenvalue weighted by atomic mass is 9.79. The molecule has 1 atom stereocenters. The van der Waals surface area contributed by atoms with Crippen molar-refractivity contribution in [2.75, 3.05) is 0 Å². The van der Waals surface area contributed by atoms with Gasteiger partial charge < -0.3 is 15.3 Å². The molecule has 1 unspecified atom stereocenters. The molecule has 0 fully saturated rings. The van der Waals surface area contributed by atoms with E-state index in [4.69, 9.17) is 0 Å². The van der Waals surface area contributed by atoms with Crippen LogP contribution in [0.4, 0.5) is 0 Å². The third-order valence-electron chi connectivity index (χ3n) is 6.87. The minimum Gasteiger partial charge on any atom is -0.508 e. The molecule has 6 aromatic rings. The molecule has 6 rings (SSSR count). The molecule has 0 aliphatic rings. The zero-order valence-electron chi connectivity index (χ0n) is 19.5. The maximum absolute atomic E-state index is 11.3. The molecule has 0 heterocycles. The molecular formula is C33H24O3. The Morgan fingerprint density at radius 1 is 0.500 bits per heavy atom. The molecule has 6 aromatic carbocycles. The summed E-state index contributed by atoms with van der Waals surface area (Å²) < 4.78 is 0. The summed E-state index contributed by atoms with van der Waals surface area (Å²) in [6, 6.07) is 39.2. The average molecular weight is 469 g/mol. The van der Waals surface area contributed by atoms with Gasteiger partial charge >= 0.3 is 0 Å². The summed E-state index contributed by atoms with van der Waals surface area (Å²) in [6.45, 7) is 0.